The fraction of sp³-hybridized carbons (Fsp3) is 0.182. The number of hydrogen-bond donors (Lipinski definition) is 1. The van der Waals surface area contributed by atoms with Crippen molar-refractivity contribution < 1.29 is 9.18 Å². The van der Waals surface area contributed by atoms with E-state index >= 15 is 0 Å². The van der Waals surface area contributed by atoms with Crippen LogP contribution in [0, 0.1) is 5.82 Å². The van der Waals surface area contributed by atoms with Gasteiger partial charge in [-0.15, -0.1) is 0 Å². The fourth-order valence-corrected chi connectivity index (χ4v) is 1.74. The third-order valence-electron chi connectivity index (χ3n) is 2.38. The summed E-state index contributed by atoms with van der Waals surface area (Å²) in [4.78, 5) is 17.3. The van der Waals surface area contributed by atoms with Crippen LogP contribution < -0.4 is 0 Å². The Morgan fingerprint density at radius 2 is 2.33 bits per heavy atom. The number of benzene rings is 1. The second-order valence-electron chi connectivity index (χ2n) is 3.69. The lowest BCUT2D eigenvalue weighted by Gasteiger charge is -2.16. The van der Waals surface area contributed by atoms with Gasteiger partial charge in [-0.05, 0) is 12.1 Å². The zero-order valence-electron chi connectivity index (χ0n) is 9.52. The van der Waals surface area contributed by atoms with Gasteiger partial charge in [-0.3, -0.25) is 9.89 Å². The monoisotopic (exact) mass is 268 g/mol. The van der Waals surface area contributed by atoms with Crippen LogP contribution in [0.2, 0.25) is 5.02 Å². The molecule has 0 aliphatic heterocycles. The van der Waals surface area contributed by atoms with Crippen LogP contribution in [-0.4, -0.2) is 33.0 Å². The summed E-state index contributed by atoms with van der Waals surface area (Å²) in [6, 6.07) is 4.12. The third kappa shape index (κ3) is 2.48. The zero-order chi connectivity index (χ0) is 13.1. The summed E-state index contributed by atoms with van der Waals surface area (Å²) >= 11 is 5.83. The maximum Gasteiger partial charge on any atom is 0.258 e. The number of nitrogens with zero attached hydrogens (tertiary/aromatic N) is 3. The van der Waals surface area contributed by atoms with Crippen molar-refractivity contribution in [3.63, 3.8) is 0 Å². The quantitative estimate of drug-likeness (QED) is 0.924. The predicted molar refractivity (Wildman–Crippen MR) is 63.6 cm³/mol. The van der Waals surface area contributed by atoms with Crippen LogP contribution in [0.25, 0.3) is 0 Å². The number of H-pyrrole nitrogens is 1. The maximum absolute atomic E-state index is 13.6. The molecule has 0 radical (unpaired) electrons. The lowest BCUT2D eigenvalue weighted by molar-refractivity contribution is 0.0777. The highest BCUT2D eigenvalue weighted by Gasteiger charge is 2.20. The normalized spacial score (nSPS) is 10.4. The van der Waals surface area contributed by atoms with Gasteiger partial charge in [-0.2, -0.15) is 5.10 Å². The molecule has 0 saturated carbocycles. The first-order valence-electron chi connectivity index (χ1n) is 5.13. The van der Waals surface area contributed by atoms with Gasteiger partial charge in [-0.25, -0.2) is 9.37 Å². The van der Waals surface area contributed by atoms with Crippen LogP contribution in [0.1, 0.15) is 16.2 Å². The van der Waals surface area contributed by atoms with E-state index in [1.54, 1.807) is 0 Å². The smallest absolute Gasteiger partial charge is 0.258 e. The van der Waals surface area contributed by atoms with Crippen molar-refractivity contribution in [3.8, 4) is 0 Å². The van der Waals surface area contributed by atoms with Crippen LogP contribution in [0.5, 0.6) is 0 Å². The predicted octanol–water partition coefficient (Wildman–Crippen LogP) is 1.87. The molecule has 5 nitrogen and oxygen atoms in total. The number of carbonyl (C=O) groups excluding carboxylic acids is 1. The summed E-state index contributed by atoms with van der Waals surface area (Å²) < 4.78 is 13.6. The van der Waals surface area contributed by atoms with E-state index in [1.807, 2.05) is 0 Å². The van der Waals surface area contributed by atoms with Gasteiger partial charge >= 0.3 is 0 Å². The number of rotatable bonds is 3. The topological polar surface area (TPSA) is 61.9 Å². The molecule has 1 amide bonds. The van der Waals surface area contributed by atoms with Crippen LogP contribution >= 0.6 is 11.6 Å². The molecule has 1 N–H and O–H groups in total. The van der Waals surface area contributed by atoms with E-state index in [1.165, 1.54) is 36.5 Å². The average Bonchev–Trinajstić information content (AvgIpc) is 2.81. The highest BCUT2D eigenvalue weighted by Crippen LogP contribution is 2.20. The van der Waals surface area contributed by atoms with Crippen molar-refractivity contribution in [1.82, 2.24) is 20.1 Å². The van der Waals surface area contributed by atoms with Gasteiger partial charge in [-0.1, -0.05) is 17.7 Å². The Hall–Kier alpha value is -1.95. The summed E-state index contributed by atoms with van der Waals surface area (Å²) in [7, 11) is 1.54. The number of hydrogen-bond acceptors (Lipinski definition) is 3. The van der Waals surface area contributed by atoms with Gasteiger partial charge in [0.25, 0.3) is 5.91 Å². The highest BCUT2D eigenvalue weighted by molar-refractivity contribution is 6.33. The first-order valence-corrected chi connectivity index (χ1v) is 5.51. The van der Waals surface area contributed by atoms with Crippen molar-refractivity contribution >= 4 is 17.5 Å². The molecule has 2 aromatic rings. The summed E-state index contributed by atoms with van der Waals surface area (Å²) in [5, 5.41) is 6.38. The fourth-order valence-electron chi connectivity index (χ4n) is 1.50. The van der Waals surface area contributed by atoms with Crippen LogP contribution in [0.15, 0.2) is 24.5 Å². The van der Waals surface area contributed by atoms with Gasteiger partial charge in [0.05, 0.1) is 17.1 Å². The first kappa shape index (κ1) is 12.5. The molecule has 0 aliphatic carbocycles. The van der Waals surface area contributed by atoms with E-state index in [-0.39, 0.29) is 17.1 Å². The number of aromatic nitrogens is 3. The second kappa shape index (κ2) is 5.14. The van der Waals surface area contributed by atoms with Gasteiger partial charge < -0.3 is 4.90 Å². The molecule has 1 heterocycles. The number of aromatic amines is 1. The van der Waals surface area contributed by atoms with Crippen molar-refractivity contribution in [1.29, 1.82) is 0 Å². The lowest BCUT2D eigenvalue weighted by Crippen LogP contribution is -2.27. The molecule has 1 aromatic heterocycles. The van der Waals surface area contributed by atoms with Gasteiger partial charge in [0.1, 0.15) is 18.0 Å². The minimum absolute atomic E-state index is 0.0874. The van der Waals surface area contributed by atoms with Crippen LogP contribution in [-0.2, 0) is 6.54 Å². The van der Waals surface area contributed by atoms with E-state index in [9.17, 15) is 9.18 Å². The molecule has 2 rings (SSSR count). The number of nitrogens with one attached hydrogen (secondary N) is 1. The van der Waals surface area contributed by atoms with Crippen LogP contribution in [0.4, 0.5) is 4.39 Å². The first-order chi connectivity index (χ1) is 8.59. The molecule has 0 atom stereocenters. The summed E-state index contributed by atoms with van der Waals surface area (Å²) in [6.45, 7) is 0.198. The molecular weight excluding hydrogens is 259 g/mol. The van der Waals surface area contributed by atoms with Crippen molar-refractivity contribution in [2.24, 2.45) is 0 Å². The number of carbonyl (C=O) groups is 1. The van der Waals surface area contributed by atoms with Gasteiger partial charge in [0.15, 0.2) is 0 Å². The standard InChI is InChI=1S/C11H10ClFN4O/c1-17(5-9-14-6-15-16-9)11(18)10-7(12)3-2-4-8(10)13/h2-4,6H,5H2,1H3,(H,14,15,16). The Morgan fingerprint density at radius 1 is 1.56 bits per heavy atom. The number of amides is 1. The Labute approximate surface area is 108 Å². The Balaban J connectivity index is 2.21. The van der Waals surface area contributed by atoms with E-state index in [0.717, 1.165) is 0 Å². The summed E-state index contributed by atoms with van der Waals surface area (Å²) in [6.07, 6.45) is 1.34. The average molecular weight is 269 g/mol. The molecule has 0 fully saturated rings. The SMILES string of the molecule is CN(Cc1ncn[nH]1)C(=O)c1c(F)cccc1Cl. The van der Waals surface area contributed by atoms with E-state index in [4.69, 9.17) is 11.6 Å². The zero-order valence-corrected chi connectivity index (χ0v) is 10.3. The molecule has 0 spiro atoms. The Bertz CT molecular complexity index is 538. The molecule has 0 unspecified atom stereocenters. The van der Waals surface area contributed by atoms with Crippen molar-refractivity contribution in [2.75, 3.05) is 7.05 Å². The Morgan fingerprint density at radius 3 is 2.94 bits per heavy atom. The van der Waals surface area contributed by atoms with Crippen LogP contribution in [0.3, 0.4) is 0 Å². The molecular formula is C11H10ClFN4O. The minimum atomic E-state index is -0.642. The molecule has 0 aliphatic rings. The van der Waals surface area contributed by atoms with Crippen molar-refractivity contribution in [2.45, 2.75) is 6.54 Å². The summed E-state index contributed by atoms with van der Waals surface area (Å²) in [5.41, 5.74) is -0.138. The maximum atomic E-state index is 13.6. The third-order valence-corrected chi connectivity index (χ3v) is 2.69. The van der Waals surface area contributed by atoms with Gasteiger partial charge in [0, 0.05) is 7.05 Å². The molecule has 1 aromatic carbocycles. The Kier molecular flexibility index (Phi) is 3.57. The molecule has 0 saturated heterocycles. The van der Waals surface area contributed by atoms with Gasteiger partial charge in [0.2, 0.25) is 0 Å². The van der Waals surface area contributed by atoms with Crippen molar-refractivity contribution in [3.05, 3.63) is 46.8 Å². The van der Waals surface area contributed by atoms with E-state index in [2.05, 4.69) is 15.2 Å². The lowest BCUT2D eigenvalue weighted by atomic mass is 10.2. The van der Waals surface area contributed by atoms with E-state index in [0.29, 0.717) is 5.82 Å². The molecule has 94 valence electrons. The largest absolute Gasteiger partial charge is 0.334 e. The minimum Gasteiger partial charge on any atom is -0.334 e. The molecule has 7 heteroatoms. The van der Waals surface area contributed by atoms with E-state index < -0.39 is 11.7 Å². The summed E-state index contributed by atoms with van der Waals surface area (Å²) in [5.74, 6) is -0.635. The highest BCUT2D eigenvalue weighted by atomic mass is 35.5. The molecule has 18 heavy (non-hydrogen) atoms. The second-order valence-corrected chi connectivity index (χ2v) is 4.10. The molecule has 0 bridgehead atoms. The number of halogens is 2.